The van der Waals surface area contributed by atoms with Crippen molar-refractivity contribution < 1.29 is 9.53 Å². The van der Waals surface area contributed by atoms with Gasteiger partial charge >= 0.3 is 0 Å². The predicted octanol–water partition coefficient (Wildman–Crippen LogP) is 0.827. The number of amides is 1. The lowest BCUT2D eigenvalue weighted by molar-refractivity contribution is -0.128. The van der Waals surface area contributed by atoms with Gasteiger partial charge in [-0.1, -0.05) is 13.8 Å². The molecule has 1 rings (SSSR count). The molecule has 1 atom stereocenters. The summed E-state index contributed by atoms with van der Waals surface area (Å²) in [5.41, 5.74) is 0. The number of carbonyl (C=O) groups is 1. The fourth-order valence-corrected chi connectivity index (χ4v) is 1.91. The van der Waals surface area contributed by atoms with Crippen LogP contribution < -0.4 is 5.32 Å². The summed E-state index contributed by atoms with van der Waals surface area (Å²) in [6.07, 6.45) is 2.17. The van der Waals surface area contributed by atoms with Crippen LogP contribution in [-0.2, 0) is 9.53 Å². The summed E-state index contributed by atoms with van der Waals surface area (Å²) >= 11 is 0. The van der Waals surface area contributed by atoms with E-state index in [0.29, 0.717) is 12.5 Å². The van der Waals surface area contributed by atoms with Crippen LogP contribution in [0, 0.1) is 5.92 Å². The lowest BCUT2D eigenvalue weighted by atomic mass is 10.1. The Balaban J connectivity index is 2.38. The molecular formula is C11H22N2O2. The molecule has 1 aliphatic heterocycles. The molecule has 0 spiro atoms. The maximum absolute atomic E-state index is 11.6. The Bertz CT molecular complexity index is 207. The van der Waals surface area contributed by atoms with Crippen molar-refractivity contribution in [3.05, 3.63) is 0 Å². The Hall–Kier alpha value is -0.610. The third-order valence-corrected chi connectivity index (χ3v) is 2.63. The van der Waals surface area contributed by atoms with Gasteiger partial charge in [0.05, 0.1) is 12.7 Å². The first-order valence-corrected chi connectivity index (χ1v) is 5.67. The van der Waals surface area contributed by atoms with Crippen LogP contribution in [-0.4, -0.2) is 43.8 Å². The number of nitrogens with zero attached hydrogens (tertiary/aromatic N) is 1. The molecule has 1 N–H and O–H groups in total. The van der Waals surface area contributed by atoms with Gasteiger partial charge in [-0.2, -0.15) is 0 Å². The molecule has 0 saturated carbocycles. The zero-order valence-corrected chi connectivity index (χ0v) is 9.95. The van der Waals surface area contributed by atoms with Crippen LogP contribution in [0.5, 0.6) is 0 Å². The Morgan fingerprint density at radius 1 is 1.60 bits per heavy atom. The lowest BCUT2D eigenvalue weighted by Crippen LogP contribution is -2.39. The van der Waals surface area contributed by atoms with E-state index in [4.69, 9.17) is 4.74 Å². The Kier molecular flexibility index (Phi) is 5.05. The van der Waals surface area contributed by atoms with E-state index in [-0.39, 0.29) is 12.1 Å². The van der Waals surface area contributed by atoms with Crippen molar-refractivity contribution in [3.63, 3.8) is 0 Å². The SMILES string of the molecule is COCCCN1C(=O)CNC1CC(C)C. The first-order valence-electron chi connectivity index (χ1n) is 5.67. The summed E-state index contributed by atoms with van der Waals surface area (Å²) < 4.78 is 4.99. The molecule has 0 bridgehead atoms. The van der Waals surface area contributed by atoms with Gasteiger partial charge in [-0.3, -0.25) is 10.1 Å². The standard InChI is InChI=1S/C11H22N2O2/c1-9(2)7-10-12-8-11(14)13(10)5-4-6-15-3/h9-10,12H,4-8H2,1-3H3. The maximum Gasteiger partial charge on any atom is 0.237 e. The van der Waals surface area contributed by atoms with Crippen molar-refractivity contribution in [2.45, 2.75) is 32.9 Å². The van der Waals surface area contributed by atoms with Gasteiger partial charge in [0.1, 0.15) is 0 Å². The molecule has 88 valence electrons. The average molecular weight is 214 g/mol. The van der Waals surface area contributed by atoms with Gasteiger partial charge in [0, 0.05) is 20.3 Å². The van der Waals surface area contributed by atoms with Gasteiger partial charge in [-0.15, -0.1) is 0 Å². The molecule has 0 radical (unpaired) electrons. The second-order valence-corrected chi connectivity index (χ2v) is 4.46. The molecule has 1 aliphatic rings. The summed E-state index contributed by atoms with van der Waals surface area (Å²) in [6, 6.07) is 0. The molecule has 1 fully saturated rings. The van der Waals surface area contributed by atoms with Gasteiger partial charge in [-0.05, 0) is 18.8 Å². The minimum atomic E-state index is 0.219. The third-order valence-electron chi connectivity index (χ3n) is 2.63. The summed E-state index contributed by atoms with van der Waals surface area (Å²) in [6.45, 7) is 6.37. The van der Waals surface area contributed by atoms with Crippen molar-refractivity contribution >= 4 is 5.91 Å². The van der Waals surface area contributed by atoms with E-state index in [2.05, 4.69) is 19.2 Å². The number of nitrogens with one attached hydrogen (secondary N) is 1. The molecule has 15 heavy (non-hydrogen) atoms. The molecule has 0 aromatic heterocycles. The van der Waals surface area contributed by atoms with Gasteiger partial charge in [0.2, 0.25) is 5.91 Å². The van der Waals surface area contributed by atoms with Crippen molar-refractivity contribution in [1.29, 1.82) is 0 Å². The highest BCUT2D eigenvalue weighted by Crippen LogP contribution is 2.14. The number of ether oxygens (including phenoxy) is 1. The van der Waals surface area contributed by atoms with Crippen LogP contribution in [0.25, 0.3) is 0 Å². The highest BCUT2D eigenvalue weighted by molar-refractivity contribution is 5.80. The average Bonchev–Trinajstić information content (AvgIpc) is 2.49. The molecule has 4 nitrogen and oxygen atoms in total. The van der Waals surface area contributed by atoms with E-state index >= 15 is 0 Å². The van der Waals surface area contributed by atoms with Crippen molar-refractivity contribution in [2.75, 3.05) is 26.8 Å². The molecule has 1 unspecified atom stereocenters. The van der Waals surface area contributed by atoms with Crippen molar-refractivity contribution in [3.8, 4) is 0 Å². The lowest BCUT2D eigenvalue weighted by Gasteiger charge is -2.25. The van der Waals surface area contributed by atoms with Crippen LogP contribution in [0.3, 0.4) is 0 Å². The third kappa shape index (κ3) is 3.80. The maximum atomic E-state index is 11.6. The molecular weight excluding hydrogens is 192 g/mol. The number of rotatable bonds is 6. The highest BCUT2D eigenvalue weighted by atomic mass is 16.5. The second-order valence-electron chi connectivity index (χ2n) is 4.46. The van der Waals surface area contributed by atoms with E-state index in [0.717, 1.165) is 26.0 Å². The van der Waals surface area contributed by atoms with Crippen LogP contribution in [0.15, 0.2) is 0 Å². The monoisotopic (exact) mass is 214 g/mol. The molecule has 0 aromatic carbocycles. The molecule has 0 aliphatic carbocycles. The van der Waals surface area contributed by atoms with Crippen LogP contribution in [0.1, 0.15) is 26.7 Å². The minimum absolute atomic E-state index is 0.219. The zero-order valence-electron chi connectivity index (χ0n) is 9.95. The number of carbonyl (C=O) groups excluding carboxylic acids is 1. The Labute approximate surface area is 92.0 Å². The smallest absolute Gasteiger partial charge is 0.237 e. The first kappa shape index (κ1) is 12.5. The Morgan fingerprint density at radius 2 is 2.33 bits per heavy atom. The van der Waals surface area contributed by atoms with Crippen molar-refractivity contribution in [1.82, 2.24) is 10.2 Å². The van der Waals surface area contributed by atoms with E-state index in [1.54, 1.807) is 7.11 Å². The van der Waals surface area contributed by atoms with E-state index in [1.807, 2.05) is 4.90 Å². The van der Waals surface area contributed by atoms with Gasteiger partial charge in [-0.25, -0.2) is 0 Å². The second kappa shape index (κ2) is 6.08. The van der Waals surface area contributed by atoms with E-state index in [1.165, 1.54) is 0 Å². The molecule has 4 heteroatoms. The first-order chi connectivity index (χ1) is 7.15. The van der Waals surface area contributed by atoms with Gasteiger partial charge in [0.15, 0.2) is 0 Å². The highest BCUT2D eigenvalue weighted by Gasteiger charge is 2.29. The van der Waals surface area contributed by atoms with E-state index < -0.39 is 0 Å². The van der Waals surface area contributed by atoms with Crippen LogP contribution in [0.4, 0.5) is 0 Å². The number of hydrogen-bond acceptors (Lipinski definition) is 3. The summed E-state index contributed by atoms with van der Waals surface area (Å²) in [5.74, 6) is 0.829. The normalized spacial score (nSPS) is 21.7. The molecule has 1 amide bonds. The summed E-state index contributed by atoms with van der Waals surface area (Å²) in [4.78, 5) is 13.5. The topological polar surface area (TPSA) is 41.6 Å². The van der Waals surface area contributed by atoms with E-state index in [9.17, 15) is 4.79 Å². The Morgan fingerprint density at radius 3 is 2.93 bits per heavy atom. The van der Waals surface area contributed by atoms with Gasteiger partial charge < -0.3 is 9.64 Å². The predicted molar refractivity (Wildman–Crippen MR) is 59.5 cm³/mol. The summed E-state index contributed by atoms with van der Waals surface area (Å²) in [7, 11) is 1.69. The number of methoxy groups -OCH3 is 1. The fourth-order valence-electron chi connectivity index (χ4n) is 1.91. The summed E-state index contributed by atoms with van der Waals surface area (Å²) in [5, 5.41) is 3.25. The van der Waals surface area contributed by atoms with Crippen LogP contribution in [0.2, 0.25) is 0 Å². The van der Waals surface area contributed by atoms with Crippen LogP contribution >= 0.6 is 0 Å². The molecule has 1 heterocycles. The van der Waals surface area contributed by atoms with Gasteiger partial charge in [0.25, 0.3) is 0 Å². The van der Waals surface area contributed by atoms with Crippen molar-refractivity contribution in [2.24, 2.45) is 5.92 Å². The quantitative estimate of drug-likeness (QED) is 0.666. The largest absolute Gasteiger partial charge is 0.385 e. The minimum Gasteiger partial charge on any atom is -0.385 e. The number of hydrogen-bond donors (Lipinski definition) is 1. The fraction of sp³-hybridized carbons (Fsp3) is 0.909. The molecule has 0 aromatic rings. The zero-order chi connectivity index (χ0) is 11.3. The molecule has 1 saturated heterocycles.